The van der Waals surface area contributed by atoms with Crippen LogP contribution in [0.2, 0.25) is 0 Å². The number of hydrogen-bond donors (Lipinski definition) is 2. The van der Waals surface area contributed by atoms with Crippen molar-refractivity contribution >= 4 is 16.7 Å². The van der Waals surface area contributed by atoms with Gasteiger partial charge in [0.1, 0.15) is 17.6 Å². The Bertz CT molecular complexity index is 1040. The summed E-state index contributed by atoms with van der Waals surface area (Å²) in [5.74, 6) is 0.632. The van der Waals surface area contributed by atoms with Gasteiger partial charge in [0.25, 0.3) is 5.82 Å². The lowest BCUT2D eigenvalue weighted by atomic mass is 9.94. The van der Waals surface area contributed by atoms with Gasteiger partial charge >= 0.3 is 0 Å². The van der Waals surface area contributed by atoms with Crippen LogP contribution >= 0.6 is 0 Å². The Hall–Kier alpha value is -3.47. The maximum Gasteiger partial charge on any atom is 0.272 e. The zero-order chi connectivity index (χ0) is 17.9. The summed E-state index contributed by atoms with van der Waals surface area (Å²) in [6.07, 6.45) is 3.53. The second-order valence-electron chi connectivity index (χ2n) is 5.97. The molecule has 4 nitrogen and oxygen atoms in total. The first-order chi connectivity index (χ1) is 12.7. The van der Waals surface area contributed by atoms with Crippen LogP contribution in [0.15, 0.2) is 79.1 Å². The molecule has 0 fully saturated rings. The highest BCUT2D eigenvalue weighted by atomic mass is 19.1. The van der Waals surface area contributed by atoms with Gasteiger partial charge in [-0.3, -0.25) is 10.3 Å². The van der Waals surface area contributed by atoms with Gasteiger partial charge in [-0.15, -0.1) is 0 Å². The maximum absolute atomic E-state index is 13.4. The molecule has 0 saturated heterocycles. The van der Waals surface area contributed by atoms with Gasteiger partial charge in [-0.05, 0) is 36.4 Å². The predicted molar refractivity (Wildman–Crippen MR) is 98.3 cm³/mol. The summed E-state index contributed by atoms with van der Waals surface area (Å²) < 4.78 is 13.4. The molecule has 2 heterocycles. The number of aromatic amines is 1. The van der Waals surface area contributed by atoms with Gasteiger partial charge in [0.2, 0.25) is 0 Å². The number of nitrogens with zero attached hydrogens (tertiary/aromatic N) is 1. The van der Waals surface area contributed by atoms with Crippen LogP contribution < -0.4 is 10.3 Å². The molecule has 4 aromatic rings. The van der Waals surface area contributed by atoms with Crippen LogP contribution in [0.3, 0.4) is 0 Å². The minimum absolute atomic E-state index is 0.156. The molecule has 0 saturated carbocycles. The Labute approximate surface area is 150 Å². The number of rotatable bonds is 4. The third-order valence-corrected chi connectivity index (χ3v) is 4.30. The molecule has 4 rings (SSSR count). The van der Waals surface area contributed by atoms with Gasteiger partial charge in [0.05, 0.1) is 17.3 Å². The number of anilines is 1. The summed E-state index contributed by atoms with van der Waals surface area (Å²) in [5, 5.41) is 14.9. The molecule has 5 heteroatoms. The third-order valence-electron chi connectivity index (χ3n) is 4.30. The zero-order valence-corrected chi connectivity index (χ0v) is 13.9. The summed E-state index contributed by atoms with van der Waals surface area (Å²) in [7, 11) is 0. The number of phenolic OH excluding ortho intramolecular Hbond substituents is 1. The van der Waals surface area contributed by atoms with Gasteiger partial charge < -0.3 is 5.11 Å². The van der Waals surface area contributed by atoms with Gasteiger partial charge in [-0.25, -0.2) is 9.37 Å². The largest absolute Gasteiger partial charge is 0.507 e. The van der Waals surface area contributed by atoms with Gasteiger partial charge in [-0.1, -0.05) is 24.3 Å². The smallest absolute Gasteiger partial charge is 0.272 e. The number of hydrogen-bond acceptors (Lipinski definition) is 3. The SMILES string of the molecule is Oc1ccc2ncccc2c1[C@@H](Nc1cccc[nH+]1)c1ccc(F)cc1. The molecular weight excluding hydrogens is 329 g/mol. The molecule has 0 radical (unpaired) electrons. The van der Waals surface area contributed by atoms with Crippen LogP contribution in [0.4, 0.5) is 10.2 Å². The maximum atomic E-state index is 13.4. The van der Waals surface area contributed by atoms with Crippen LogP contribution in [0.5, 0.6) is 5.75 Å². The Kier molecular flexibility index (Phi) is 4.19. The van der Waals surface area contributed by atoms with E-state index in [1.54, 1.807) is 30.5 Å². The average molecular weight is 346 g/mol. The molecule has 0 bridgehead atoms. The van der Waals surface area contributed by atoms with E-state index in [4.69, 9.17) is 0 Å². The molecular formula is C21H17FN3O+. The molecule has 26 heavy (non-hydrogen) atoms. The number of halogens is 1. The second kappa shape index (κ2) is 6.80. The van der Waals surface area contributed by atoms with Crippen molar-refractivity contribution in [3.8, 4) is 5.75 Å². The number of aromatic nitrogens is 2. The topological polar surface area (TPSA) is 59.3 Å². The lowest BCUT2D eigenvalue weighted by Crippen LogP contribution is -2.19. The highest BCUT2D eigenvalue weighted by Gasteiger charge is 2.25. The summed E-state index contributed by atoms with van der Waals surface area (Å²) in [6.45, 7) is 0. The Morgan fingerprint density at radius 3 is 2.58 bits per heavy atom. The van der Waals surface area contributed by atoms with Crippen molar-refractivity contribution in [2.45, 2.75) is 6.04 Å². The summed E-state index contributed by atoms with van der Waals surface area (Å²) in [4.78, 5) is 7.51. The van der Waals surface area contributed by atoms with Crippen molar-refractivity contribution in [1.29, 1.82) is 0 Å². The van der Waals surface area contributed by atoms with E-state index in [1.807, 2.05) is 36.5 Å². The highest BCUT2D eigenvalue weighted by Crippen LogP contribution is 2.36. The molecule has 0 spiro atoms. The van der Waals surface area contributed by atoms with Crippen LogP contribution in [-0.2, 0) is 0 Å². The van der Waals surface area contributed by atoms with E-state index < -0.39 is 0 Å². The highest BCUT2D eigenvalue weighted by molar-refractivity contribution is 5.85. The van der Waals surface area contributed by atoms with E-state index in [2.05, 4.69) is 15.3 Å². The number of H-pyrrole nitrogens is 1. The Morgan fingerprint density at radius 1 is 0.962 bits per heavy atom. The van der Waals surface area contributed by atoms with Crippen molar-refractivity contribution in [1.82, 2.24) is 4.98 Å². The molecule has 1 atom stereocenters. The zero-order valence-electron chi connectivity index (χ0n) is 13.9. The van der Waals surface area contributed by atoms with E-state index in [9.17, 15) is 9.50 Å². The van der Waals surface area contributed by atoms with Crippen molar-refractivity contribution in [3.63, 3.8) is 0 Å². The van der Waals surface area contributed by atoms with Crippen LogP contribution in [-0.4, -0.2) is 10.1 Å². The van der Waals surface area contributed by atoms with Crippen LogP contribution in [0, 0.1) is 5.82 Å². The molecule has 128 valence electrons. The first-order valence-electron chi connectivity index (χ1n) is 8.28. The Morgan fingerprint density at radius 2 is 1.81 bits per heavy atom. The molecule has 3 N–H and O–H groups in total. The lowest BCUT2D eigenvalue weighted by molar-refractivity contribution is -0.361. The number of benzene rings is 2. The van der Waals surface area contributed by atoms with Crippen molar-refractivity contribution in [3.05, 3.63) is 96.1 Å². The molecule has 0 amide bonds. The quantitative estimate of drug-likeness (QED) is 0.585. The number of fused-ring (bicyclic) bond motifs is 1. The first-order valence-corrected chi connectivity index (χ1v) is 8.28. The normalized spacial score (nSPS) is 12.0. The minimum atomic E-state index is -0.387. The average Bonchev–Trinajstić information content (AvgIpc) is 2.68. The van der Waals surface area contributed by atoms with E-state index in [0.717, 1.165) is 22.3 Å². The summed E-state index contributed by atoms with van der Waals surface area (Å²) in [5.41, 5.74) is 2.31. The Balaban J connectivity index is 1.91. The van der Waals surface area contributed by atoms with Crippen LogP contribution in [0.1, 0.15) is 17.2 Å². The lowest BCUT2D eigenvalue weighted by Gasteiger charge is -2.18. The third kappa shape index (κ3) is 3.07. The van der Waals surface area contributed by atoms with Gasteiger partial charge in [-0.2, -0.15) is 0 Å². The molecule has 0 aliphatic heterocycles. The van der Waals surface area contributed by atoms with Gasteiger partial charge in [0, 0.05) is 23.2 Å². The minimum Gasteiger partial charge on any atom is -0.507 e. The first kappa shape index (κ1) is 16.0. The number of aromatic hydroxyl groups is 1. The van der Waals surface area contributed by atoms with Crippen molar-refractivity contribution < 1.29 is 14.5 Å². The number of pyridine rings is 2. The fourth-order valence-corrected chi connectivity index (χ4v) is 3.08. The van der Waals surface area contributed by atoms with Gasteiger partial charge in [0.15, 0.2) is 0 Å². The van der Waals surface area contributed by atoms with E-state index in [0.29, 0.717) is 5.56 Å². The molecule has 0 aliphatic carbocycles. The van der Waals surface area contributed by atoms with E-state index in [-0.39, 0.29) is 17.6 Å². The van der Waals surface area contributed by atoms with Crippen molar-refractivity contribution in [2.75, 3.05) is 5.32 Å². The predicted octanol–water partition coefficient (Wildman–Crippen LogP) is 4.10. The molecule has 0 unspecified atom stereocenters. The van der Waals surface area contributed by atoms with Crippen LogP contribution in [0.25, 0.3) is 10.9 Å². The summed E-state index contributed by atoms with van der Waals surface area (Å²) in [6, 6.07) is 18.7. The fourth-order valence-electron chi connectivity index (χ4n) is 3.08. The number of phenols is 1. The fraction of sp³-hybridized carbons (Fsp3) is 0.0476. The number of nitrogens with one attached hydrogen (secondary N) is 2. The second-order valence-corrected chi connectivity index (χ2v) is 5.97. The molecule has 2 aromatic heterocycles. The van der Waals surface area contributed by atoms with Crippen molar-refractivity contribution in [2.24, 2.45) is 0 Å². The summed E-state index contributed by atoms with van der Waals surface area (Å²) >= 11 is 0. The monoisotopic (exact) mass is 346 g/mol. The standard InChI is InChI=1S/C21H16FN3O/c22-15-8-6-14(7-9-15)21(25-19-5-1-2-12-24-19)20-16-4-3-13-23-17(16)10-11-18(20)26/h1-13,21,26H,(H,24,25)/p+1/t21-/m0/s1. The molecule has 2 aromatic carbocycles. The molecule has 0 aliphatic rings. The van der Waals surface area contributed by atoms with E-state index in [1.165, 1.54) is 12.1 Å². The van der Waals surface area contributed by atoms with E-state index >= 15 is 0 Å².